The van der Waals surface area contributed by atoms with Gasteiger partial charge in [0.1, 0.15) is 18.5 Å². The van der Waals surface area contributed by atoms with Crippen molar-refractivity contribution in [3.05, 3.63) is 48.0 Å². The van der Waals surface area contributed by atoms with Gasteiger partial charge in [-0.25, -0.2) is 14.6 Å². The van der Waals surface area contributed by atoms with Crippen LogP contribution in [0.15, 0.2) is 42.5 Å². The first-order valence-corrected chi connectivity index (χ1v) is 9.45. The Morgan fingerprint density at radius 1 is 1.23 bits per heavy atom. The van der Waals surface area contributed by atoms with Crippen molar-refractivity contribution in [1.29, 1.82) is 0 Å². The minimum Gasteiger partial charge on any atom is -0.480 e. The second-order valence-corrected chi connectivity index (χ2v) is 6.75. The summed E-state index contributed by atoms with van der Waals surface area (Å²) in [6.45, 7) is 0.687. The highest BCUT2D eigenvalue weighted by Gasteiger charge is 2.33. The molecule has 2 aliphatic heterocycles. The lowest BCUT2D eigenvalue weighted by Crippen LogP contribution is -2.30. The fraction of sp³-hybridized carbons (Fsp3) is 0.300. The number of amides is 3. The topological polar surface area (TPSA) is 119 Å². The molecule has 156 valence electrons. The Bertz CT molecular complexity index is 952. The highest BCUT2D eigenvalue weighted by molar-refractivity contribution is 5.95. The van der Waals surface area contributed by atoms with E-state index >= 15 is 0 Å². The number of benzene rings is 1. The summed E-state index contributed by atoms with van der Waals surface area (Å²) in [7, 11) is 0. The van der Waals surface area contributed by atoms with E-state index in [1.165, 1.54) is 4.90 Å². The number of hydrogen-bond donors (Lipinski definition) is 2. The molecule has 0 aliphatic carbocycles. The van der Waals surface area contributed by atoms with Crippen molar-refractivity contribution in [1.82, 2.24) is 10.3 Å². The van der Waals surface area contributed by atoms with Crippen LogP contribution in [-0.2, 0) is 20.9 Å². The molecule has 1 fully saturated rings. The molecule has 2 N–H and O–H groups in total. The molecule has 2 aliphatic rings. The summed E-state index contributed by atoms with van der Waals surface area (Å²) in [6, 6.07) is 12.6. The maximum Gasteiger partial charge on any atom is 0.415 e. The third kappa shape index (κ3) is 4.59. The fourth-order valence-corrected chi connectivity index (χ4v) is 3.07. The summed E-state index contributed by atoms with van der Waals surface area (Å²) in [5, 5.41) is 5.25. The van der Waals surface area contributed by atoms with Crippen molar-refractivity contribution in [3.63, 3.8) is 0 Å². The quantitative estimate of drug-likeness (QED) is 0.745. The summed E-state index contributed by atoms with van der Waals surface area (Å²) in [6.07, 6.45) is -1.06. The van der Waals surface area contributed by atoms with Gasteiger partial charge in [0, 0.05) is 13.0 Å². The lowest BCUT2D eigenvalue weighted by molar-refractivity contribution is -0.118. The first-order chi connectivity index (χ1) is 14.6. The standard InChI is InChI=1S/C20H20N4O6/c25-17-12-28-15-6-7-16(22-18(15)23-17)24-10-14(30-20(24)27)8-9-21-19(26)29-11-13-4-2-1-3-5-13/h1-7,14H,8-12H2,(H,21,26)(H,22,23,25)/t14-/m0/s1. The van der Waals surface area contributed by atoms with Gasteiger partial charge in [0.05, 0.1) is 6.54 Å². The van der Waals surface area contributed by atoms with E-state index in [4.69, 9.17) is 14.2 Å². The molecule has 30 heavy (non-hydrogen) atoms. The molecule has 2 aromatic rings. The Morgan fingerprint density at radius 3 is 2.90 bits per heavy atom. The zero-order chi connectivity index (χ0) is 20.9. The molecule has 0 spiro atoms. The Labute approximate surface area is 172 Å². The molecule has 4 rings (SSSR count). The van der Waals surface area contributed by atoms with Crippen molar-refractivity contribution >= 4 is 29.7 Å². The number of rotatable bonds is 6. The van der Waals surface area contributed by atoms with Gasteiger partial charge in [-0.15, -0.1) is 0 Å². The molecule has 1 aromatic carbocycles. The van der Waals surface area contributed by atoms with Gasteiger partial charge in [-0.3, -0.25) is 9.69 Å². The molecule has 3 heterocycles. The summed E-state index contributed by atoms with van der Waals surface area (Å²) in [5.41, 5.74) is 0.896. The molecule has 0 unspecified atom stereocenters. The number of nitrogens with zero attached hydrogens (tertiary/aromatic N) is 2. The largest absolute Gasteiger partial charge is 0.480 e. The van der Waals surface area contributed by atoms with Crippen LogP contribution in [0.4, 0.5) is 21.2 Å². The van der Waals surface area contributed by atoms with E-state index in [1.54, 1.807) is 12.1 Å². The Hall–Kier alpha value is -3.82. The molecule has 0 bridgehead atoms. The van der Waals surface area contributed by atoms with Crippen molar-refractivity contribution in [2.45, 2.75) is 19.1 Å². The highest BCUT2D eigenvalue weighted by Crippen LogP contribution is 2.30. The van der Waals surface area contributed by atoms with Gasteiger partial charge in [0.25, 0.3) is 5.91 Å². The Balaban J connectivity index is 1.24. The highest BCUT2D eigenvalue weighted by atomic mass is 16.6. The lowest BCUT2D eigenvalue weighted by atomic mass is 10.2. The number of hydrogen-bond acceptors (Lipinski definition) is 7. The van der Waals surface area contributed by atoms with Crippen LogP contribution in [-0.4, -0.2) is 48.9 Å². The van der Waals surface area contributed by atoms with Gasteiger partial charge in [0.2, 0.25) is 0 Å². The van der Waals surface area contributed by atoms with Crippen molar-refractivity contribution in [2.75, 3.05) is 29.9 Å². The maximum absolute atomic E-state index is 12.2. The van der Waals surface area contributed by atoms with Crippen LogP contribution in [0.1, 0.15) is 12.0 Å². The first kappa shape index (κ1) is 19.5. The molecule has 0 saturated carbocycles. The number of alkyl carbamates (subject to hydrolysis) is 1. The van der Waals surface area contributed by atoms with Gasteiger partial charge >= 0.3 is 12.2 Å². The van der Waals surface area contributed by atoms with Gasteiger partial charge in [-0.1, -0.05) is 30.3 Å². The number of fused-ring (bicyclic) bond motifs is 1. The normalized spacial score (nSPS) is 17.5. The van der Waals surface area contributed by atoms with Crippen LogP contribution < -0.4 is 20.3 Å². The minimum atomic E-state index is -0.540. The monoisotopic (exact) mass is 412 g/mol. The first-order valence-electron chi connectivity index (χ1n) is 9.45. The number of carbonyl (C=O) groups is 3. The molecular formula is C20H20N4O6. The van der Waals surface area contributed by atoms with Crippen LogP contribution in [0.2, 0.25) is 0 Å². The molecule has 0 radical (unpaired) electrons. The lowest BCUT2D eigenvalue weighted by Gasteiger charge is -2.19. The van der Waals surface area contributed by atoms with Crippen molar-refractivity contribution in [3.8, 4) is 5.75 Å². The van der Waals surface area contributed by atoms with Gasteiger partial charge in [-0.2, -0.15) is 0 Å². The number of anilines is 2. The third-order valence-electron chi connectivity index (χ3n) is 4.56. The third-order valence-corrected chi connectivity index (χ3v) is 4.56. The van der Waals surface area contributed by atoms with Crippen LogP contribution in [0.3, 0.4) is 0 Å². The summed E-state index contributed by atoms with van der Waals surface area (Å²) < 4.78 is 15.7. The number of pyridine rings is 1. The van der Waals surface area contributed by atoms with Gasteiger partial charge in [0.15, 0.2) is 18.2 Å². The van der Waals surface area contributed by atoms with E-state index in [9.17, 15) is 14.4 Å². The second-order valence-electron chi connectivity index (χ2n) is 6.75. The fourth-order valence-electron chi connectivity index (χ4n) is 3.07. The van der Waals surface area contributed by atoms with E-state index in [1.807, 2.05) is 30.3 Å². The Kier molecular flexibility index (Phi) is 5.64. The van der Waals surface area contributed by atoms with Crippen LogP contribution in [0, 0.1) is 0 Å². The van der Waals surface area contributed by atoms with Crippen LogP contribution in [0.25, 0.3) is 0 Å². The SMILES string of the molecule is O=C1COc2ccc(N3C[C@H](CCNC(=O)OCc4ccccc4)OC3=O)nc2N1. The molecule has 3 amide bonds. The molecule has 1 atom stereocenters. The van der Waals surface area contributed by atoms with Crippen molar-refractivity contribution < 1.29 is 28.6 Å². The summed E-state index contributed by atoms with van der Waals surface area (Å²) in [5.74, 6) is 0.755. The number of cyclic esters (lactones) is 1. The maximum atomic E-state index is 12.2. The van der Waals surface area contributed by atoms with E-state index in [0.29, 0.717) is 24.5 Å². The summed E-state index contributed by atoms with van der Waals surface area (Å²) in [4.78, 5) is 41.1. The average molecular weight is 412 g/mol. The van der Waals surface area contributed by atoms with E-state index in [-0.39, 0.29) is 31.5 Å². The zero-order valence-corrected chi connectivity index (χ0v) is 16.0. The number of carbonyl (C=O) groups excluding carboxylic acids is 3. The average Bonchev–Trinajstić information content (AvgIpc) is 3.13. The van der Waals surface area contributed by atoms with Crippen molar-refractivity contribution in [2.24, 2.45) is 0 Å². The molecule has 10 heteroatoms. The zero-order valence-electron chi connectivity index (χ0n) is 16.0. The molecule has 1 saturated heterocycles. The number of aromatic nitrogens is 1. The smallest absolute Gasteiger partial charge is 0.415 e. The number of nitrogens with one attached hydrogen (secondary N) is 2. The van der Waals surface area contributed by atoms with E-state index in [0.717, 1.165) is 5.56 Å². The minimum absolute atomic E-state index is 0.0668. The van der Waals surface area contributed by atoms with E-state index < -0.39 is 18.3 Å². The van der Waals surface area contributed by atoms with Crippen LogP contribution in [0.5, 0.6) is 5.75 Å². The van der Waals surface area contributed by atoms with E-state index in [2.05, 4.69) is 15.6 Å². The molecule has 10 nitrogen and oxygen atoms in total. The van der Waals surface area contributed by atoms with Crippen LogP contribution >= 0.6 is 0 Å². The molecular weight excluding hydrogens is 392 g/mol. The Morgan fingerprint density at radius 2 is 2.07 bits per heavy atom. The number of ether oxygens (including phenoxy) is 3. The second kappa shape index (κ2) is 8.68. The summed E-state index contributed by atoms with van der Waals surface area (Å²) >= 11 is 0. The molecule has 1 aromatic heterocycles. The predicted octanol–water partition coefficient (Wildman–Crippen LogP) is 2.05. The van der Waals surface area contributed by atoms with Gasteiger partial charge < -0.3 is 24.8 Å². The van der Waals surface area contributed by atoms with Gasteiger partial charge in [-0.05, 0) is 17.7 Å². The predicted molar refractivity (Wildman–Crippen MR) is 105 cm³/mol.